The smallest absolute Gasteiger partial charge is 0.246 e. The number of hydrogen-bond donors (Lipinski definition) is 1. The Kier molecular flexibility index (Phi) is 3.56. The summed E-state index contributed by atoms with van der Waals surface area (Å²) in [6.45, 7) is 3.57. The molecule has 0 saturated heterocycles. The van der Waals surface area contributed by atoms with Gasteiger partial charge in [0.05, 0.1) is 17.9 Å². The van der Waals surface area contributed by atoms with Crippen molar-refractivity contribution in [1.82, 2.24) is 14.5 Å². The third-order valence-electron chi connectivity index (χ3n) is 2.94. The fraction of sp³-hybridized carbons (Fsp3) is 0.364. The van der Waals surface area contributed by atoms with E-state index in [2.05, 4.69) is 10.2 Å². The van der Waals surface area contributed by atoms with E-state index in [1.54, 1.807) is 25.3 Å². The average molecular weight is 285 g/mol. The Hall–Kier alpha value is -1.18. The number of sulfonamides is 1. The lowest BCUT2D eigenvalue weighted by atomic mass is 10.3. The summed E-state index contributed by atoms with van der Waals surface area (Å²) in [5, 5.41) is 8.35. The van der Waals surface area contributed by atoms with Gasteiger partial charge in [0.25, 0.3) is 0 Å². The second kappa shape index (κ2) is 4.83. The molecule has 18 heavy (non-hydrogen) atoms. The van der Waals surface area contributed by atoms with Gasteiger partial charge >= 0.3 is 0 Å². The van der Waals surface area contributed by atoms with Crippen LogP contribution in [0.5, 0.6) is 0 Å². The van der Waals surface area contributed by atoms with Gasteiger partial charge < -0.3 is 0 Å². The number of aromatic nitrogens is 2. The van der Waals surface area contributed by atoms with E-state index in [1.165, 1.54) is 10.5 Å². The van der Waals surface area contributed by atoms with Crippen LogP contribution in [0.2, 0.25) is 0 Å². The number of nitrogens with one attached hydrogen (secondary N) is 1. The highest BCUT2D eigenvalue weighted by Gasteiger charge is 2.29. The highest BCUT2D eigenvalue weighted by Crippen LogP contribution is 2.28. The molecule has 0 fully saturated rings. The van der Waals surface area contributed by atoms with E-state index >= 15 is 0 Å². The van der Waals surface area contributed by atoms with Gasteiger partial charge in [0, 0.05) is 11.9 Å². The van der Waals surface area contributed by atoms with Crippen molar-refractivity contribution in [2.75, 3.05) is 7.05 Å². The van der Waals surface area contributed by atoms with Crippen molar-refractivity contribution < 1.29 is 8.42 Å². The van der Waals surface area contributed by atoms with Gasteiger partial charge in [-0.3, -0.25) is 5.10 Å². The summed E-state index contributed by atoms with van der Waals surface area (Å²) >= 11 is 1.55. The predicted octanol–water partition coefficient (Wildman–Crippen LogP) is 2.16. The summed E-state index contributed by atoms with van der Waals surface area (Å²) in [5.74, 6) is 0. The summed E-state index contributed by atoms with van der Waals surface area (Å²) in [6.07, 6.45) is 1.35. The van der Waals surface area contributed by atoms with Gasteiger partial charge in [-0.15, -0.1) is 11.3 Å². The number of H-pyrrole nitrogens is 1. The van der Waals surface area contributed by atoms with Crippen molar-refractivity contribution in [1.29, 1.82) is 0 Å². The van der Waals surface area contributed by atoms with E-state index in [4.69, 9.17) is 0 Å². The molecule has 0 aliphatic heterocycles. The second-order valence-electron chi connectivity index (χ2n) is 4.07. The normalized spacial score (nSPS) is 14.0. The van der Waals surface area contributed by atoms with Crippen molar-refractivity contribution in [2.24, 2.45) is 0 Å². The predicted molar refractivity (Wildman–Crippen MR) is 71.0 cm³/mol. The first-order valence-corrected chi connectivity index (χ1v) is 7.78. The lowest BCUT2D eigenvalue weighted by Gasteiger charge is -2.23. The first-order valence-electron chi connectivity index (χ1n) is 5.46. The number of aromatic amines is 1. The molecule has 5 nitrogen and oxygen atoms in total. The van der Waals surface area contributed by atoms with Crippen LogP contribution in [0, 0.1) is 6.92 Å². The summed E-state index contributed by atoms with van der Waals surface area (Å²) in [6, 6.07) is 3.66. The summed E-state index contributed by atoms with van der Waals surface area (Å²) in [5.41, 5.74) is 0.556. The monoisotopic (exact) mass is 285 g/mol. The molecule has 2 heterocycles. The van der Waals surface area contributed by atoms with Gasteiger partial charge in [-0.1, -0.05) is 6.07 Å². The molecule has 98 valence electrons. The summed E-state index contributed by atoms with van der Waals surface area (Å²) < 4.78 is 26.2. The van der Waals surface area contributed by atoms with Crippen LogP contribution >= 0.6 is 11.3 Å². The maximum Gasteiger partial charge on any atom is 0.246 e. The fourth-order valence-electron chi connectivity index (χ4n) is 1.67. The molecule has 1 N–H and O–H groups in total. The van der Waals surface area contributed by atoms with Crippen LogP contribution in [0.25, 0.3) is 0 Å². The molecule has 1 unspecified atom stereocenters. The standard InChI is InChI=1S/C11H15N3O2S2/c1-8-11(7-12-13-8)18(15,16)14(3)9(2)10-5-4-6-17-10/h4-7,9H,1-3H3,(H,12,13). The number of aryl methyl sites for hydroxylation is 1. The minimum atomic E-state index is -3.51. The molecule has 0 amide bonds. The highest BCUT2D eigenvalue weighted by atomic mass is 32.2. The molecule has 0 saturated carbocycles. The number of thiophene rings is 1. The van der Waals surface area contributed by atoms with Crippen molar-refractivity contribution in [2.45, 2.75) is 24.8 Å². The number of hydrogen-bond acceptors (Lipinski definition) is 4. The molecule has 7 heteroatoms. The SMILES string of the molecule is Cc1[nH]ncc1S(=O)(=O)N(C)C(C)c1cccs1. The van der Waals surface area contributed by atoms with Crippen LogP contribution in [0.4, 0.5) is 0 Å². The first kappa shape index (κ1) is 13.3. The zero-order valence-electron chi connectivity index (χ0n) is 10.4. The maximum atomic E-state index is 12.4. The first-order chi connectivity index (χ1) is 8.44. The quantitative estimate of drug-likeness (QED) is 0.936. The largest absolute Gasteiger partial charge is 0.281 e. The van der Waals surface area contributed by atoms with Gasteiger partial charge in [-0.05, 0) is 25.3 Å². The van der Waals surface area contributed by atoms with Gasteiger partial charge in [0.15, 0.2) is 0 Å². The maximum absolute atomic E-state index is 12.4. The topological polar surface area (TPSA) is 66.1 Å². The van der Waals surface area contributed by atoms with Crippen LogP contribution in [-0.4, -0.2) is 30.0 Å². The molecule has 0 spiro atoms. The summed E-state index contributed by atoms with van der Waals surface area (Å²) in [7, 11) is -1.92. The summed E-state index contributed by atoms with van der Waals surface area (Å²) in [4.78, 5) is 1.25. The Labute approximate surface area is 111 Å². The van der Waals surface area contributed by atoms with Crippen LogP contribution in [0.15, 0.2) is 28.6 Å². The van der Waals surface area contributed by atoms with Gasteiger partial charge in [0.2, 0.25) is 10.0 Å². The Balaban J connectivity index is 2.34. The van der Waals surface area contributed by atoms with E-state index in [0.717, 1.165) is 4.88 Å². The number of rotatable bonds is 4. The molecule has 0 bridgehead atoms. The van der Waals surface area contributed by atoms with Gasteiger partial charge in [0.1, 0.15) is 4.90 Å². The van der Waals surface area contributed by atoms with E-state index < -0.39 is 10.0 Å². The van der Waals surface area contributed by atoms with E-state index in [9.17, 15) is 8.42 Å². The Morgan fingerprint density at radius 3 is 2.72 bits per heavy atom. The van der Waals surface area contributed by atoms with E-state index in [1.807, 2.05) is 24.4 Å². The Morgan fingerprint density at radius 1 is 1.50 bits per heavy atom. The van der Waals surface area contributed by atoms with Gasteiger partial charge in [-0.25, -0.2) is 8.42 Å². The zero-order valence-corrected chi connectivity index (χ0v) is 12.0. The zero-order chi connectivity index (χ0) is 13.3. The molecule has 2 aromatic rings. The van der Waals surface area contributed by atoms with Crippen LogP contribution in [0.3, 0.4) is 0 Å². The van der Waals surface area contributed by atoms with Crippen LogP contribution < -0.4 is 0 Å². The van der Waals surface area contributed by atoms with Gasteiger partial charge in [-0.2, -0.15) is 9.40 Å². The van der Waals surface area contributed by atoms with Crippen molar-refractivity contribution in [3.05, 3.63) is 34.3 Å². The van der Waals surface area contributed by atoms with Crippen molar-refractivity contribution >= 4 is 21.4 Å². The van der Waals surface area contributed by atoms with Crippen molar-refractivity contribution in [3.63, 3.8) is 0 Å². The van der Waals surface area contributed by atoms with E-state index in [0.29, 0.717) is 5.69 Å². The highest BCUT2D eigenvalue weighted by molar-refractivity contribution is 7.89. The van der Waals surface area contributed by atoms with Crippen LogP contribution in [0.1, 0.15) is 23.5 Å². The molecule has 0 radical (unpaired) electrons. The van der Waals surface area contributed by atoms with Crippen molar-refractivity contribution in [3.8, 4) is 0 Å². The second-order valence-corrected chi connectivity index (χ2v) is 7.02. The molecular weight excluding hydrogens is 270 g/mol. The average Bonchev–Trinajstić information content (AvgIpc) is 2.97. The molecule has 2 rings (SSSR count). The lowest BCUT2D eigenvalue weighted by Crippen LogP contribution is -2.29. The molecule has 2 aromatic heterocycles. The molecule has 0 aliphatic carbocycles. The number of nitrogens with zero attached hydrogens (tertiary/aromatic N) is 2. The van der Waals surface area contributed by atoms with Crippen LogP contribution in [-0.2, 0) is 10.0 Å². The minimum Gasteiger partial charge on any atom is -0.281 e. The molecule has 1 atom stereocenters. The minimum absolute atomic E-state index is 0.190. The lowest BCUT2D eigenvalue weighted by molar-refractivity contribution is 0.402. The molecule has 0 aromatic carbocycles. The third-order valence-corrected chi connectivity index (χ3v) is 6.03. The Bertz CT molecular complexity index is 617. The fourth-order valence-corrected chi connectivity index (χ4v) is 4.02. The third kappa shape index (κ3) is 2.21. The molecular formula is C11H15N3O2S2. The molecule has 0 aliphatic rings. The van der Waals surface area contributed by atoms with E-state index in [-0.39, 0.29) is 10.9 Å². The Morgan fingerprint density at radius 2 is 2.22 bits per heavy atom.